The molecule has 0 spiro atoms. The first-order valence-corrected chi connectivity index (χ1v) is 5.75. The lowest BCUT2D eigenvalue weighted by atomic mass is 10.2. The largest absolute Gasteiger partial charge is 0.223 e. The first kappa shape index (κ1) is 9.61. The summed E-state index contributed by atoms with van der Waals surface area (Å²) in [7, 11) is -3.15. The third-order valence-electron chi connectivity index (χ3n) is 1.55. The Morgan fingerprint density at radius 3 is 2.17 bits per heavy atom. The van der Waals surface area contributed by atoms with E-state index in [-0.39, 0.29) is 5.08 Å². The molecule has 0 bridgehead atoms. The predicted octanol–water partition coefficient (Wildman–Crippen LogP) is 1.66. The highest BCUT2D eigenvalue weighted by Gasteiger charge is 2.10. The molecule has 4 heteroatoms. The molecule has 0 N–H and O–H groups in total. The van der Waals surface area contributed by atoms with Gasteiger partial charge in [-0.3, -0.25) is 0 Å². The lowest BCUT2D eigenvalue weighted by Gasteiger charge is -1.99. The standard InChI is InChI=1S/C8H10O2S2/c1-7-2-4-8(5-3-7)12(9,10)6-11/h2-5,11H,6H2,1H3. The van der Waals surface area contributed by atoms with Crippen molar-refractivity contribution in [2.45, 2.75) is 11.8 Å². The molecule has 0 aliphatic heterocycles. The molecular formula is C8H10O2S2. The summed E-state index contributed by atoms with van der Waals surface area (Å²) in [6.45, 7) is 1.91. The average Bonchev–Trinajstić information content (AvgIpc) is 2.05. The van der Waals surface area contributed by atoms with Gasteiger partial charge in [-0.15, -0.1) is 0 Å². The van der Waals surface area contributed by atoms with E-state index in [1.807, 2.05) is 6.92 Å². The number of benzene rings is 1. The Hall–Kier alpha value is -0.480. The molecule has 0 atom stereocenters. The van der Waals surface area contributed by atoms with Crippen molar-refractivity contribution in [3.8, 4) is 0 Å². The molecule has 12 heavy (non-hydrogen) atoms. The lowest BCUT2D eigenvalue weighted by Crippen LogP contribution is -2.01. The van der Waals surface area contributed by atoms with E-state index in [9.17, 15) is 8.42 Å². The number of hydrogen-bond donors (Lipinski definition) is 1. The van der Waals surface area contributed by atoms with Crippen LogP contribution < -0.4 is 0 Å². The van der Waals surface area contributed by atoms with Gasteiger partial charge in [-0.1, -0.05) is 17.7 Å². The fraction of sp³-hybridized carbons (Fsp3) is 0.250. The molecular weight excluding hydrogens is 192 g/mol. The Bertz CT molecular complexity index is 351. The van der Waals surface area contributed by atoms with Crippen LogP contribution in [0.5, 0.6) is 0 Å². The smallest absolute Gasteiger partial charge is 0.187 e. The van der Waals surface area contributed by atoms with Crippen molar-refractivity contribution >= 4 is 22.5 Å². The molecule has 0 aliphatic carbocycles. The Kier molecular flexibility index (Phi) is 2.80. The number of sulfone groups is 1. The maximum atomic E-state index is 11.2. The Balaban J connectivity index is 3.14. The van der Waals surface area contributed by atoms with Crippen LogP contribution in [0.15, 0.2) is 29.2 Å². The first-order chi connectivity index (χ1) is 5.56. The van der Waals surface area contributed by atoms with Gasteiger partial charge in [0, 0.05) is 0 Å². The van der Waals surface area contributed by atoms with Crippen molar-refractivity contribution in [2.75, 3.05) is 5.08 Å². The Labute approximate surface area is 77.9 Å². The SMILES string of the molecule is Cc1ccc(S(=O)(=O)CS)cc1. The summed E-state index contributed by atoms with van der Waals surface area (Å²) in [6.07, 6.45) is 0. The second kappa shape index (κ2) is 3.49. The number of aryl methyl sites for hydroxylation is 1. The van der Waals surface area contributed by atoms with Crippen molar-refractivity contribution in [3.63, 3.8) is 0 Å². The summed E-state index contributed by atoms with van der Waals surface area (Å²) < 4.78 is 22.5. The van der Waals surface area contributed by atoms with Gasteiger partial charge in [0.15, 0.2) is 9.84 Å². The summed E-state index contributed by atoms with van der Waals surface area (Å²) >= 11 is 3.75. The van der Waals surface area contributed by atoms with E-state index in [2.05, 4.69) is 12.6 Å². The molecule has 0 heterocycles. The fourth-order valence-electron chi connectivity index (χ4n) is 0.820. The summed E-state index contributed by atoms with van der Waals surface area (Å²) in [6, 6.07) is 6.74. The van der Waals surface area contributed by atoms with Crippen molar-refractivity contribution in [3.05, 3.63) is 29.8 Å². The van der Waals surface area contributed by atoms with E-state index in [1.165, 1.54) is 0 Å². The van der Waals surface area contributed by atoms with Gasteiger partial charge in [0.2, 0.25) is 0 Å². The molecule has 0 aliphatic rings. The summed E-state index contributed by atoms with van der Waals surface area (Å²) in [4.78, 5) is 0.336. The van der Waals surface area contributed by atoms with Gasteiger partial charge in [0.25, 0.3) is 0 Å². The third kappa shape index (κ3) is 2.01. The van der Waals surface area contributed by atoms with E-state index in [4.69, 9.17) is 0 Å². The zero-order valence-corrected chi connectivity index (χ0v) is 8.40. The van der Waals surface area contributed by atoms with Gasteiger partial charge in [-0.25, -0.2) is 8.42 Å². The van der Waals surface area contributed by atoms with Gasteiger partial charge < -0.3 is 0 Å². The van der Waals surface area contributed by atoms with Gasteiger partial charge in [-0.2, -0.15) is 12.6 Å². The van der Waals surface area contributed by atoms with Gasteiger partial charge >= 0.3 is 0 Å². The number of hydrogen-bond acceptors (Lipinski definition) is 3. The zero-order valence-electron chi connectivity index (χ0n) is 6.69. The second-order valence-corrected chi connectivity index (χ2v) is 5.29. The van der Waals surface area contributed by atoms with E-state index in [0.717, 1.165) is 5.56 Å². The van der Waals surface area contributed by atoms with Crippen molar-refractivity contribution in [1.82, 2.24) is 0 Å². The molecule has 0 aromatic heterocycles. The maximum Gasteiger partial charge on any atom is 0.187 e. The van der Waals surface area contributed by atoms with E-state index in [0.29, 0.717) is 4.90 Å². The van der Waals surface area contributed by atoms with E-state index >= 15 is 0 Å². The van der Waals surface area contributed by atoms with Crippen molar-refractivity contribution < 1.29 is 8.42 Å². The molecule has 0 radical (unpaired) electrons. The van der Waals surface area contributed by atoms with Crippen LogP contribution >= 0.6 is 12.6 Å². The van der Waals surface area contributed by atoms with Crippen LogP contribution in [0.3, 0.4) is 0 Å². The highest BCUT2D eigenvalue weighted by Crippen LogP contribution is 2.12. The van der Waals surface area contributed by atoms with E-state index in [1.54, 1.807) is 24.3 Å². The zero-order chi connectivity index (χ0) is 9.19. The predicted molar refractivity (Wildman–Crippen MR) is 52.2 cm³/mol. The molecule has 66 valence electrons. The summed E-state index contributed by atoms with van der Waals surface area (Å²) in [5.74, 6) is 0. The molecule has 1 aromatic rings. The monoisotopic (exact) mass is 202 g/mol. The molecule has 1 aromatic carbocycles. The van der Waals surface area contributed by atoms with Crippen molar-refractivity contribution in [1.29, 1.82) is 0 Å². The molecule has 1 rings (SSSR count). The molecule has 0 fully saturated rings. The van der Waals surface area contributed by atoms with Crippen LogP contribution in [0, 0.1) is 6.92 Å². The molecule has 0 amide bonds. The van der Waals surface area contributed by atoms with Crippen LogP contribution in [0.2, 0.25) is 0 Å². The minimum atomic E-state index is -3.15. The van der Waals surface area contributed by atoms with Gasteiger partial charge in [-0.05, 0) is 19.1 Å². The van der Waals surface area contributed by atoms with Crippen molar-refractivity contribution in [2.24, 2.45) is 0 Å². The Morgan fingerprint density at radius 2 is 1.75 bits per heavy atom. The van der Waals surface area contributed by atoms with Gasteiger partial charge in [0.05, 0.1) is 9.98 Å². The second-order valence-electron chi connectivity index (χ2n) is 2.56. The van der Waals surface area contributed by atoms with Crippen LogP contribution in [0.25, 0.3) is 0 Å². The minimum Gasteiger partial charge on any atom is -0.223 e. The van der Waals surface area contributed by atoms with E-state index < -0.39 is 9.84 Å². The molecule has 2 nitrogen and oxygen atoms in total. The summed E-state index contributed by atoms with van der Waals surface area (Å²) in [5, 5.41) is -0.143. The fourth-order valence-corrected chi connectivity index (χ4v) is 1.97. The Morgan fingerprint density at radius 1 is 1.25 bits per heavy atom. The topological polar surface area (TPSA) is 34.1 Å². The average molecular weight is 202 g/mol. The van der Waals surface area contributed by atoms with Crippen LogP contribution in [0.4, 0.5) is 0 Å². The minimum absolute atomic E-state index is 0.143. The van der Waals surface area contributed by atoms with Crippen LogP contribution in [-0.4, -0.2) is 13.5 Å². The van der Waals surface area contributed by atoms with Crippen LogP contribution in [0.1, 0.15) is 5.56 Å². The number of thiol groups is 1. The quantitative estimate of drug-likeness (QED) is 0.740. The van der Waals surface area contributed by atoms with Gasteiger partial charge in [0.1, 0.15) is 0 Å². The molecule has 0 saturated carbocycles. The highest BCUT2D eigenvalue weighted by molar-refractivity contribution is 8.03. The number of rotatable bonds is 2. The lowest BCUT2D eigenvalue weighted by molar-refractivity contribution is 0.601. The highest BCUT2D eigenvalue weighted by atomic mass is 32.2. The molecule has 0 saturated heterocycles. The summed E-state index contributed by atoms with van der Waals surface area (Å²) in [5.41, 5.74) is 1.05. The third-order valence-corrected chi connectivity index (χ3v) is 3.90. The first-order valence-electron chi connectivity index (χ1n) is 3.46. The van der Waals surface area contributed by atoms with Crippen LogP contribution in [-0.2, 0) is 9.84 Å². The normalized spacial score (nSPS) is 11.5. The maximum absolute atomic E-state index is 11.2. The molecule has 0 unspecified atom stereocenters.